The highest BCUT2D eigenvalue weighted by Gasteiger charge is 2.04. The first-order valence-corrected chi connectivity index (χ1v) is 7.14. The molecule has 22 heavy (non-hydrogen) atoms. The molecule has 0 unspecified atom stereocenters. The monoisotopic (exact) mass is 335 g/mol. The Hall–Kier alpha value is -2.31. The van der Waals surface area contributed by atoms with E-state index in [2.05, 4.69) is 25.8 Å². The highest BCUT2D eigenvalue weighted by molar-refractivity contribution is 6.35. The van der Waals surface area contributed by atoms with Gasteiger partial charge >= 0.3 is 0 Å². The van der Waals surface area contributed by atoms with Gasteiger partial charge in [-0.25, -0.2) is 0 Å². The lowest BCUT2D eigenvalue weighted by Crippen LogP contribution is -2.05. The molecule has 0 aliphatic carbocycles. The van der Waals surface area contributed by atoms with Crippen LogP contribution < -0.4 is 10.6 Å². The Kier molecular flexibility index (Phi) is 4.41. The molecule has 2 N–H and O–H groups in total. The predicted molar refractivity (Wildman–Crippen MR) is 85.6 cm³/mol. The molecule has 112 valence electrons. The molecule has 0 fully saturated rings. The van der Waals surface area contributed by atoms with Crippen LogP contribution in [0, 0.1) is 0 Å². The molecule has 3 aromatic rings. The highest BCUT2D eigenvalue weighted by atomic mass is 35.5. The fraction of sp³-hybridized carbons (Fsp3) is 0.0714. The van der Waals surface area contributed by atoms with Gasteiger partial charge in [0, 0.05) is 15.7 Å². The average Bonchev–Trinajstić information content (AvgIpc) is 2.98. The van der Waals surface area contributed by atoms with E-state index in [1.165, 1.54) is 6.20 Å². The lowest BCUT2D eigenvalue weighted by Gasteiger charge is -2.08. The van der Waals surface area contributed by atoms with Crippen LogP contribution in [-0.2, 0) is 6.54 Å². The van der Waals surface area contributed by atoms with Gasteiger partial charge in [-0.1, -0.05) is 23.2 Å². The van der Waals surface area contributed by atoms with Crippen LogP contribution in [0.25, 0.3) is 0 Å². The molecule has 0 radical (unpaired) electrons. The molecule has 0 amide bonds. The van der Waals surface area contributed by atoms with Crippen molar-refractivity contribution in [3.05, 3.63) is 58.6 Å². The van der Waals surface area contributed by atoms with E-state index in [9.17, 15) is 0 Å². The number of anilines is 3. The van der Waals surface area contributed by atoms with Crippen molar-refractivity contribution in [2.24, 2.45) is 0 Å². The minimum Gasteiger partial charge on any atom is -0.467 e. The first-order valence-electron chi connectivity index (χ1n) is 6.38. The second kappa shape index (κ2) is 6.64. The minimum atomic E-state index is 0.384. The third-order valence-electron chi connectivity index (χ3n) is 2.69. The average molecular weight is 336 g/mol. The van der Waals surface area contributed by atoms with Crippen molar-refractivity contribution in [1.29, 1.82) is 0 Å². The van der Waals surface area contributed by atoms with Crippen molar-refractivity contribution in [1.82, 2.24) is 15.2 Å². The Balaban J connectivity index is 1.70. The van der Waals surface area contributed by atoms with E-state index in [4.69, 9.17) is 27.6 Å². The van der Waals surface area contributed by atoms with E-state index in [0.29, 0.717) is 28.4 Å². The molecular weight excluding hydrogens is 325 g/mol. The first kappa shape index (κ1) is 14.6. The fourth-order valence-electron chi connectivity index (χ4n) is 1.79. The Bertz CT molecular complexity index is 743. The number of nitrogens with zero attached hydrogens (tertiary/aromatic N) is 3. The maximum Gasteiger partial charge on any atom is 0.245 e. The third-order valence-corrected chi connectivity index (χ3v) is 3.13. The van der Waals surface area contributed by atoms with Gasteiger partial charge in [-0.2, -0.15) is 10.1 Å². The Labute approximate surface area is 136 Å². The van der Waals surface area contributed by atoms with Crippen molar-refractivity contribution >= 4 is 40.7 Å². The molecule has 3 rings (SSSR count). The predicted octanol–water partition coefficient (Wildman–Crippen LogP) is 4.13. The SMILES string of the molecule is Clc1cc(Cl)cc(Nc2cnnc(NCc3ccco3)n2)c1. The second-order valence-corrected chi connectivity index (χ2v) is 5.25. The van der Waals surface area contributed by atoms with Crippen LogP contribution in [-0.4, -0.2) is 15.2 Å². The van der Waals surface area contributed by atoms with Gasteiger partial charge in [-0.05, 0) is 30.3 Å². The van der Waals surface area contributed by atoms with Crippen LogP contribution in [0.1, 0.15) is 5.76 Å². The number of rotatable bonds is 5. The van der Waals surface area contributed by atoms with Gasteiger partial charge in [0.25, 0.3) is 0 Å². The summed E-state index contributed by atoms with van der Waals surface area (Å²) < 4.78 is 5.22. The molecule has 0 saturated heterocycles. The summed E-state index contributed by atoms with van der Waals surface area (Å²) in [6, 6.07) is 8.81. The zero-order valence-electron chi connectivity index (χ0n) is 11.3. The molecular formula is C14H11Cl2N5O. The number of hydrogen-bond donors (Lipinski definition) is 2. The number of nitrogens with one attached hydrogen (secondary N) is 2. The van der Waals surface area contributed by atoms with E-state index in [1.54, 1.807) is 24.5 Å². The van der Waals surface area contributed by atoms with Crippen molar-refractivity contribution in [2.75, 3.05) is 10.6 Å². The van der Waals surface area contributed by atoms with Crippen molar-refractivity contribution in [2.45, 2.75) is 6.54 Å². The summed E-state index contributed by atoms with van der Waals surface area (Å²) in [7, 11) is 0. The van der Waals surface area contributed by atoms with Crippen LogP contribution >= 0.6 is 23.2 Å². The number of halogens is 2. The van der Waals surface area contributed by atoms with Gasteiger partial charge in [0.1, 0.15) is 5.76 Å². The van der Waals surface area contributed by atoms with Crippen LogP contribution in [0.2, 0.25) is 10.0 Å². The molecule has 2 aromatic heterocycles. The zero-order chi connectivity index (χ0) is 15.4. The van der Waals surface area contributed by atoms with Crippen molar-refractivity contribution in [3.8, 4) is 0 Å². The van der Waals surface area contributed by atoms with E-state index in [1.807, 2.05) is 12.1 Å². The van der Waals surface area contributed by atoms with Crippen LogP contribution in [0.15, 0.2) is 47.2 Å². The quantitative estimate of drug-likeness (QED) is 0.730. The fourth-order valence-corrected chi connectivity index (χ4v) is 2.32. The van der Waals surface area contributed by atoms with E-state index in [0.717, 1.165) is 11.4 Å². The second-order valence-electron chi connectivity index (χ2n) is 4.38. The number of aromatic nitrogens is 3. The van der Waals surface area contributed by atoms with Gasteiger partial charge in [-0.3, -0.25) is 0 Å². The maximum absolute atomic E-state index is 5.96. The van der Waals surface area contributed by atoms with Gasteiger partial charge < -0.3 is 15.1 Å². The number of hydrogen-bond acceptors (Lipinski definition) is 6. The van der Waals surface area contributed by atoms with Gasteiger partial charge in [0.15, 0.2) is 5.82 Å². The Morgan fingerprint density at radius 2 is 1.95 bits per heavy atom. The highest BCUT2D eigenvalue weighted by Crippen LogP contribution is 2.24. The smallest absolute Gasteiger partial charge is 0.245 e. The van der Waals surface area contributed by atoms with Gasteiger partial charge in [-0.15, -0.1) is 5.10 Å². The molecule has 0 saturated carbocycles. The maximum atomic E-state index is 5.96. The lowest BCUT2D eigenvalue weighted by atomic mass is 10.3. The van der Waals surface area contributed by atoms with E-state index in [-0.39, 0.29) is 0 Å². The molecule has 1 aromatic carbocycles. The zero-order valence-corrected chi connectivity index (χ0v) is 12.8. The van der Waals surface area contributed by atoms with E-state index < -0.39 is 0 Å². The van der Waals surface area contributed by atoms with Crippen LogP contribution in [0.3, 0.4) is 0 Å². The lowest BCUT2D eigenvalue weighted by molar-refractivity contribution is 0.517. The molecule has 0 aliphatic heterocycles. The summed E-state index contributed by atoms with van der Waals surface area (Å²) >= 11 is 11.9. The van der Waals surface area contributed by atoms with Gasteiger partial charge in [0.05, 0.1) is 19.0 Å². The largest absolute Gasteiger partial charge is 0.467 e. The van der Waals surface area contributed by atoms with Gasteiger partial charge in [0.2, 0.25) is 5.95 Å². The molecule has 0 atom stereocenters. The Morgan fingerprint density at radius 1 is 1.14 bits per heavy atom. The summed E-state index contributed by atoms with van der Waals surface area (Å²) in [5.41, 5.74) is 0.718. The molecule has 0 bridgehead atoms. The molecule has 6 nitrogen and oxygen atoms in total. The summed E-state index contributed by atoms with van der Waals surface area (Å²) in [6.45, 7) is 0.473. The normalized spacial score (nSPS) is 10.5. The summed E-state index contributed by atoms with van der Waals surface area (Å²) in [5, 5.41) is 15.0. The van der Waals surface area contributed by atoms with Crippen LogP contribution in [0.4, 0.5) is 17.5 Å². The standard InChI is InChI=1S/C14H11Cl2N5O/c15-9-4-10(16)6-11(5-9)19-13-8-18-21-14(20-13)17-7-12-2-1-3-22-12/h1-6,8H,7H2,(H2,17,19,20,21). The van der Waals surface area contributed by atoms with E-state index >= 15 is 0 Å². The van der Waals surface area contributed by atoms with Crippen molar-refractivity contribution in [3.63, 3.8) is 0 Å². The topological polar surface area (TPSA) is 75.9 Å². The summed E-state index contributed by atoms with van der Waals surface area (Å²) in [4.78, 5) is 4.30. The molecule has 0 spiro atoms. The summed E-state index contributed by atoms with van der Waals surface area (Å²) in [6.07, 6.45) is 3.11. The Morgan fingerprint density at radius 3 is 2.68 bits per heavy atom. The first-order chi connectivity index (χ1) is 10.7. The minimum absolute atomic E-state index is 0.384. The molecule has 2 heterocycles. The summed E-state index contributed by atoms with van der Waals surface area (Å²) in [5.74, 6) is 1.69. The third kappa shape index (κ3) is 3.87. The van der Waals surface area contributed by atoms with Crippen LogP contribution in [0.5, 0.6) is 0 Å². The molecule has 8 heteroatoms. The van der Waals surface area contributed by atoms with Crippen molar-refractivity contribution < 1.29 is 4.42 Å². The number of benzene rings is 1. The molecule has 0 aliphatic rings. The number of furan rings is 1.